The molecule has 26 heavy (non-hydrogen) atoms. The van der Waals surface area contributed by atoms with Gasteiger partial charge in [0.2, 0.25) is 5.91 Å². The maximum atomic E-state index is 13.9. The fourth-order valence-electron chi connectivity index (χ4n) is 3.11. The zero-order chi connectivity index (χ0) is 18.8. The van der Waals surface area contributed by atoms with E-state index in [1.165, 1.54) is 19.2 Å². The average molecular weight is 381 g/mol. The fourth-order valence-corrected chi connectivity index (χ4v) is 3.28. The van der Waals surface area contributed by atoms with Gasteiger partial charge in [0.05, 0.1) is 18.8 Å². The molecular formula is C19H19ClF2N2O2. The SMILES string of the molecule is COc1ccc(Cl)cc1N1CCN(Cc2ccc(F)cc2F)[C@H](C)C1=O. The second-order valence-corrected chi connectivity index (χ2v) is 6.62. The van der Waals surface area contributed by atoms with Gasteiger partial charge in [-0.25, -0.2) is 8.78 Å². The maximum absolute atomic E-state index is 13.9. The predicted octanol–water partition coefficient (Wildman–Crippen LogP) is 3.86. The summed E-state index contributed by atoms with van der Waals surface area (Å²) in [6.07, 6.45) is 0. The van der Waals surface area contributed by atoms with Gasteiger partial charge in [-0.3, -0.25) is 9.69 Å². The zero-order valence-electron chi connectivity index (χ0n) is 14.5. The molecule has 0 aromatic heterocycles. The lowest BCUT2D eigenvalue weighted by atomic mass is 10.1. The summed E-state index contributed by atoms with van der Waals surface area (Å²) in [5.74, 6) is -0.788. The summed E-state index contributed by atoms with van der Waals surface area (Å²) in [5, 5.41) is 0.511. The number of methoxy groups -OCH3 is 1. The molecule has 1 atom stereocenters. The van der Waals surface area contributed by atoms with Crippen LogP contribution in [0.3, 0.4) is 0 Å². The first-order chi connectivity index (χ1) is 12.4. The summed E-state index contributed by atoms with van der Waals surface area (Å²) >= 11 is 6.07. The molecule has 1 amide bonds. The van der Waals surface area contributed by atoms with Crippen LogP contribution in [0.1, 0.15) is 12.5 Å². The lowest BCUT2D eigenvalue weighted by Gasteiger charge is -2.39. The predicted molar refractivity (Wildman–Crippen MR) is 96.6 cm³/mol. The molecule has 3 rings (SSSR count). The number of carbonyl (C=O) groups excluding carboxylic acids is 1. The van der Waals surface area contributed by atoms with Gasteiger partial charge in [0.25, 0.3) is 0 Å². The Hall–Kier alpha value is -2.18. The van der Waals surface area contributed by atoms with Gasteiger partial charge in [-0.15, -0.1) is 0 Å². The Morgan fingerprint density at radius 1 is 1.19 bits per heavy atom. The van der Waals surface area contributed by atoms with E-state index in [0.29, 0.717) is 35.1 Å². The van der Waals surface area contributed by atoms with Crippen molar-refractivity contribution in [3.63, 3.8) is 0 Å². The Balaban J connectivity index is 1.80. The summed E-state index contributed by atoms with van der Waals surface area (Å²) in [6, 6.07) is 8.14. The Morgan fingerprint density at radius 3 is 2.65 bits per heavy atom. The van der Waals surface area contributed by atoms with E-state index in [0.717, 1.165) is 6.07 Å². The van der Waals surface area contributed by atoms with Crippen molar-refractivity contribution in [2.24, 2.45) is 0 Å². The second kappa shape index (κ2) is 7.60. The summed E-state index contributed by atoms with van der Waals surface area (Å²) in [5.41, 5.74) is 0.976. The van der Waals surface area contributed by atoms with Crippen molar-refractivity contribution in [1.82, 2.24) is 4.90 Å². The highest BCUT2D eigenvalue weighted by Crippen LogP contribution is 2.33. The van der Waals surface area contributed by atoms with E-state index in [4.69, 9.17) is 16.3 Å². The molecule has 1 saturated heterocycles. The first kappa shape index (κ1) is 18.6. The minimum absolute atomic E-state index is 0.126. The molecule has 0 spiro atoms. The van der Waals surface area contributed by atoms with Crippen molar-refractivity contribution in [2.75, 3.05) is 25.1 Å². The van der Waals surface area contributed by atoms with E-state index in [-0.39, 0.29) is 12.5 Å². The number of hydrogen-bond donors (Lipinski definition) is 0. The van der Waals surface area contributed by atoms with Crippen molar-refractivity contribution < 1.29 is 18.3 Å². The normalized spacial score (nSPS) is 18.3. The molecule has 2 aromatic carbocycles. The number of halogens is 3. The molecule has 1 aliphatic heterocycles. The molecule has 0 unspecified atom stereocenters. The highest BCUT2D eigenvalue weighted by Gasteiger charge is 2.33. The molecule has 2 aromatic rings. The van der Waals surface area contributed by atoms with E-state index < -0.39 is 17.7 Å². The molecule has 1 heterocycles. The van der Waals surface area contributed by atoms with Crippen molar-refractivity contribution in [1.29, 1.82) is 0 Å². The topological polar surface area (TPSA) is 32.8 Å². The van der Waals surface area contributed by atoms with Gasteiger partial charge < -0.3 is 9.64 Å². The smallest absolute Gasteiger partial charge is 0.244 e. The molecule has 0 bridgehead atoms. The number of benzene rings is 2. The maximum Gasteiger partial charge on any atom is 0.244 e. The summed E-state index contributed by atoms with van der Waals surface area (Å²) in [7, 11) is 1.54. The summed E-state index contributed by atoms with van der Waals surface area (Å²) < 4.78 is 32.3. The number of hydrogen-bond acceptors (Lipinski definition) is 3. The zero-order valence-corrected chi connectivity index (χ0v) is 15.3. The van der Waals surface area contributed by atoms with Crippen LogP contribution in [0.2, 0.25) is 5.02 Å². The number of anilines is 1. The molecular weight excluding hydrogens is 362 g/mol. The largest absolute Gasteiger partial charge is 0.495 e. The van der Waals surface area contributed by atoms with Crippen LogP contribution in [0.25, 0.3) is 0 Å². The number of nitrogens with zero attached hydrogens (tertiary/aromatic N) is 2. The van der Waals surface area contributed by atoms with Gasteiger partial charge in [0.1, 0.15) is 17.4 Å². The lowest BCUT2D eigenvalue weighted by Crippen LogP contribution is -2.55. The quantitative estimate of drug-likeness (QED) is 0.807. The third-order valence-corrected chi connectivity index (χ3v) is 4.84. The van der Waals surface area contributed by atoms with Crippen molar-refractivity contribution >= 4 is 23.2 Å². The molecule has 1 aliphatic rings. The van der Waals surface area contributed by atoms with Gasteiger partial charge in [-0.2, -0.15) is 0 Å². The van der Waals surface area contributed by atoms with Gasteiger partial charge in [0, 0.05) is 36.3 Å². The third-order valence-electron chi connectivity index (χ3n) is 4.60. The van der Waals surface area contributed by atoms with Crippen LogP contribution in [-0.2, 0) is 11.3 Å². The van der Waals surface area contributed by atoms with E-state index >= 15 is 0 Å². The van der Waals surface area contributed by atoms with Crippen molar-refractivity contribution in [3.8, 4) is 5.75 Å². The van der Waals surface area contributed by atoms with Crippen LogP contribution >= 0.6 is 11.6 Å². The Kier molecular flexibility index (Phi) is 5.44. The highest BCUT2D eigenvalue weighted by molar-refractivity contribution is 6.31. The molecule has 1 fully saturated rings. The minimum Gasteiger partial charge on any atom is -0.495 e. The van der Waals surface area contributed by atoms with Crippen LogP contribution in [0.15, 0.2) is 36.4 Å². The van der Waals surface area contributed by atoms with E-state index in [1.807, 2.05) is 4.90 Å². The van der Waals surface area contributed by atoms with Crippen molar-refractivity contribution in [3.05, 3.63) is 58.6 Å². The molecule has 0 aliphatic carbocycles. The molecule has 4 nitrogen and oxygen atoms in total. The first-order valence-corrected chi connectivity index (χ1v) is 8.61. The summed E-state index contributed by atoms with van der Waals surface area (Å²) in [4.78, 5) is 16.4. The molecule has 0 radical (unpaired) electrons. The minimum atomic E-state index is -0.617. The number of rotatable bonds is 4. The standard InChI is InChI=1S/C19H19ClF2N2O2/c1-12-19(25)24(17-9-14(20)4-6-18(17)26-2)8-7-23(12)11-13-3-5-15(21)10-16(13)22/h3-6,9-10,12H,7-8,11H2,1-2H3/t12-/m1/s1. The van der Waals surface area contributed by atoms with Crippen LogP contribution < -0.4 is 9.64 Å². The highest BCUT2D eigenvalue weighted by atomic mass is 35.5. The fraction of sp³-hybridized carbons (Fsp3) is 0.316. The van der Waals surface area contributed by atoms with Crippen LogP contribution in [0.5, 0.6) is 5.75 Å². The molecule has 0 N–H and O–H groups in total. The number of carbonyl (C=O) groups is 1. The number of amides is 1. The Bertz CT molecular complexity index is 831. The number of piperazine rings is 1. The Morgan fingerprint density at radius 2 is 1.96 bits per heavy atom. The molecule has 7 heteroatoms. The van der Waals surface area contributed by atoms with Gasteiger partial charge in [-0.05, 0) is 31.2 Å². The monoisotopic (exact) mass is 380 g/mol. The molecule has 0 saturated carbocycles. The van der Waals surface area contributed by atoms with E-state index in [1.54, 1.807) is 30.0 Å². The molecule has 138 valence electrons. The van der Waals surface area contributed by atoms with Gasteiger partial charge in [-0.1, -0.05) is 17.7 Å². The van der Waals surface area contributed by atoms with Gasteiger partial charge in [0.15, 0.2) is 0 Å². The Labute approximate surface area is 155 Å². The summed E-state index contributed by atoms with van der Waals surface area (Å²) in [6.45, 7) is 2.97. The third kappa shape index (κ3) is 3.66. The van der Waals surface area contributed by atoms with Crippen LogP contribution in [-0.4, -0.2) is 37.0 Å². The van der Waals surface area contributed by atoms with Crippen LogP contribution in [0, 0.1) is 11.6 Å². The first-order valence-electron chi connectivity index (χ1n) is 8.23. The van der Waals surface area contributed by atoms with E-state index in [9.17, 15) is 13.6 Å². The van der Waals surface area contributed by atoms with Gasteiger partial charge >= 0.3 is 0 Å². The lowest BCUT2D eigenvalue weighted by molar-refractivity contribution is -0.125. The average Bonchev–Trinajstić information content (AvgIpc) is 2.61. The van der Waals surface area contributed by atoms with Crippen molar-refractivity contribution in [2.45, 2.75) is 19.5 Å². The van der Waals surface area contributed by atoms with Crippen LogP contribution in [0.4, 0.5) is 14.5 Å². The van der Waals surface area contributed by atoms with E-state index in [2.05, 4.69) is 0 Å². The second-order valence-electron chi connectivity index (χ2n) is 6.19. The number of ether oxygens (including phenoxy) is 1.